The van der Waals surface area contributed by atoms with E-state index in [1.165, 1.54) is 12.8 Å². The Hall–Kier alpha value is -1.55. The van der Waals surface area contributed by atoms with Gasteiger partial charge >= 0.3 is 0 Å². The van der Waals surface area contributed by atoms with Crippen molar-refractivity contribution in [3.05, 3.63) is 29.8 Å². The Morgan fingerprint density at radius 2 is 2.20 bits per heavy atom. The number of rotatable bonds is 3. The van der Waals surface area contributed by atoms with Crippen LogP contribution in [-0.4, -0.2) is 42.6 Å². The first-order valence-corrected chi connectivity index (χ1v) is 7.44. The van der Waals surface area contributed by atoms with Crippen molar-refractivity contribution >= 4 is 5.91 Å². The number of likely N-dealkylation sites (tertiary alicyclic amines) is 1. The number of fused-ring (bicyclic) bond motifs is 2. The molecule has 2 aliphatic rings. The minimum Gasteiger partial charge on any atom is -0.484 e. The monoisotopic (exact) mass is 274 g/mol. The molecule has 108 valence electrons. The predicted octanol–water partition coefficient (Wildman–Crippen LogP) is 1.73. The first-order chi connectivity index (χ1) is 9.70. The van der Waals surface area contributed by atoms with E-state index in [1.807, 2.05) is 36.1 Å². The molecule has 2 fully saturated rings. The largest absolute Gasteiger partial charge is 0.484 e. The first-order valence-electron chi connectivity index (χ1n) is 7.44. The topological polar surface area (TPSA) is 41.6 Å². The summed E-state index contributed by atoms with van der Waals surface area (Å²) in [5, 5.41) is 3.58. The third-order valence-electron chi connectivity index (χ3n) is 4.23. The number of carbonyl (C=O) groups is 1. The number of aryl methyl sites for hydroxylation is 1. The maximum atomic E-state index is 12.3. The fourth-order valence-corrected chi connectivity index (χ4v) is 3.11. The molecule has 0 aliphatic carbocycles. The Bertz CT molecular complexity index is 489. The normalized spacial score (nSPS) is 25.4. The molecular weight excluding hydrogens is 252 g/mol. The average molecular weight is 274 g/mol. The standard InChI is InChI=1S/C16H22N2O2/c1-12-3-2-4-15(9-12)20-11-16(19)18-8-7-13-5-6-14(10-18)17-13/h2-4,9,13-14,17H,5-8,10-11H2,1H3. The van der Waals surface area contributed by atoms with Crippen molar-refractivity contribution in [3.63, 3.8) is 0 Å². The van der Waals surface area contributed by atoms with E-state index in [2.05, 4.69) is 5.32 Å². The fourth-order valence-electron chi connectivity index (χ4n) is 3.11. The lowest BCUT2D eigenvalue weighted by molar-refractivity contribution is -0.133. The van der Waals surface area contributed by atoms with Crippen molar-refractivity contribution in [3.8, 4) is 5.75 Å². The highest BCUT2D eigenvalue weighted by atomic mass is 16.5. The molecule has 20 heavy (non-hydrogen) atoms. The molecule has 1 aromatic carbocycles. The number of ether oxygens (including phenoxy) is 1. The Morgan fingerprint density at radius 1 is 1.35 bits per heavy atom. The van der Waals surface area contributed by atoms with Crippen LogP contribution in [-0.2, 0) is 4.79 Å². The van der Waals surface area contributed by atoms with Gasteiger partial charge in [-0.25, -0.2) is 0 Å². The van der Waals surface area contributed by atoms with E-state index >= 15 is 0 Å². The van der Waals surface area contributed by atoms with Crippen molar-refractivity contribution < 1.29 is 9.53 Å². The second-order valence-electron chi connectivity index (χ2n) is 5.87. The molecule has 0 radical (unpaired) electrons. The smallest absolute Gasteiger partial charge is 0.260 e. The minimum atomic E-state index is 0.0980. The van der Waals surface area contributed by atoms with Crippen LogP contribution in [0.2, 0.25) is 0 Å². The molecule has 4 nitrogen and oxygen atoms in total. The van der Waals surface area contributed by atoms with Gasteiger partial charge in [0, 0.05) is 25.2 Å². The molecule has 2 heterocycles. The van der Waals surface area contributed by atoms with Crippen molar-refractivity contribution in [1.29, 1.82) is 0 Å². The van der Waals surface area contributed by atoms with Crippen molar-refractivity contribution in [1.82, 2.24) is 10.2 Å². The highest BCUT2D eigenvalue weighted by molar-refractivity contribution is 5.77. The van der Waals surface area contributed by atoms with E-state index in [0.717, 1.165) is 30.8 Å². The Labute approximate surface area is 120 Å². The van der Waals surface area contributed by atoms with E-state index in [4.69, 9.17) is 4.74 Å². The van der Waals surface area contributed by atoms with Gasteiger partial charge < -0.3 is 15.0 Å². The number of benzene rings is 1. The lowest BCUT2D eigenvalue weighted by atomic mass is 10.1. The fraction of sp³-hybridized carbons (Fsp3) is 0.562. The van der Waals surface area contributed by atoms with E-state index < -0.39 is 0 Å². The lowest BCUT2D eigenvalue weighted by Gasteiger charge is -2.24. The number of nitrogens with zero attached hydrogens (tertiary/aromatic N) is 1. The van der Waals surface area contributed by atoms with E-state index in [9.17, 15) is 4.79 Å². The molecule has 0 saturated carbocycles. The molecule has 2 atom stereocenters. The summed E-state index contributed by atoms with van der Waals surface area (Å²) in [6.07, 6.45) is 3.51. The summed E-state index contributed by atoms with van der Waals surface area (Å²) in [5.41, 5.74) is 1.14. The lowest BCUT2D eigenvalue weighted by Crippen LogP contribution is -2.41. The van der Waals surface area contributed by atoms with Crippen LogP contribution in [0.3, 0.4) is 0 Å². The van der Waals surface area contributed by atoms with E-state index in [-0.39, 0.29) is 12.5 Å². The zero-order valence-corrected chi connectivity index (χ0v) is 12.0. The molecule has 1 N–H and O–H groups in total. The summed E-state index contributed by atoms with van der Waals surface area (Å²) < 4.78 is 5.61. The molecule has 2 aliphatic heterocycles. The Balaban J connectivity index is 1.54. The molecule has 0 spiro atoms. The van der Waals surface area contributed by atoms with Crippen LogP contribution in [0.25, 0.3) is 0 Å². The summed E-state index contributed by atoms with van der Waals surface area (Å²) in [6.45, 7) is 3.84. The summed E-state index contributed by atoms with van der Waals surface area (Å²) in [4.78, 5) is 14.2. The third kappa shape index (κ3) is 3.12. The quantitative estimate of drug-likeness (QED) is 0.912. The average Bonchev–Trinajstić information content (AvgIpc) is 2.76. The molecule has 4 heteroatoms. The molecule has 2 bridgehead atoms. The molecule has 0 aromatic heterocycles. The number of hydrogen-bond acceptors (Lipinski definition) is 3. The number of hydrogen-bond donors (Lipinski definition) is 1. The van der Waals surface area contributed by atoms with Crippen LogP contribution in [0.15, 0.2) is 24.3 Å². The summed E-state index contributed by atoms with van der Waals surface area (Å²) in [7, 11) is 0. The Morgan fingerprint density at radius 3 is 3.05 bits per heavy atom. The van der Waals surface area contributed by atoms with Crippen LogP contribution >= 0.6 is 0 Å². The third-order valence-corrected chi connectivity index (χ3v) is 4.23. The summed E-state index contributed by atoms with van der Waals surface area (Å²) in [6, 6.07) is 8.90. The van der Waals surface area contributed by atoms with Gasteiger partial charge in [0.2, 0.25) is 0 Å². The number of carbonyl (C=O) groups excluding carboxylic acids is 1. The van der Waals surface area contributed by atoms with Gasteiger partial charge in [-0.15, -0.1) is 0 Å². The van der Waals surface area contributed by atoms with Crippen LogP contribution in [0.4, 0.5) is 0 Å². The first kappa shape index (κ1) is 13.4. The van der Waals surface area contributed by atoms with E-state index in [1.54, 1.807) is 0 Å². The highest BCUT2D eigenvalue weighted by Gasteiger charge is 2.31. The van der Waals surface area contributed by atoms with Gasteiger partial charge in [-0.1, -0.05) is 12.1 Å². The van der Waals surface area contributed by atoms with Gasteiger partial charge in [0.25, 0.3) is 5.91 Å². The van der Waals surface area contributed by atoms with Gasteiger partial charge in [-0.05, 0) is 43.9 Å². The van der Waals surface area contributed by atoms with E-state index in [0.29, 0.717) is 12.1 Å². The molecular formula is C16H22N2O2. The molecule has 2 saturated heterocycles. The molecule has 3 rings (SSSR count). The van der Waals surface area contributed by atoms with Crippen LogP contribution < -0.4 is 10.1 Å². The second kappa shape index (κ2) is 5.83. The van der Waals surface area contributed by atoms with Gasteiger partial charge in [0.1, 0.15) is 5.75 Å². The number of nitrogens with one attached hydrogen (secondary N) is 1. The van der Waals surface area contributed by atoms with Gasteiger partial charge in [-0.2, -0.15) is 0 Å². The summed E-state index contributed by atoms with van der Waals surface area (Å²) >= 11 is 0. The zero-order valence-electron chi connectivity index (χ0n) is 12.0. The second-order valence-corrected chi connectivity index (χ2v) is 5.87. The zero-order chi connectivity index (χ0) is 13.9. The van der Waals surface area contributed by atoms with Crippen LogP contribution in [0.5, 0.6) is 5.75 Å². The SMILES string of the molecule is Cc1cccc(OCC(=O)N2CCC3CCC(C2)N3)c1. The predicted molar refractivity (Wildman–Crippen MR) is 77.8 cm³/mol. The van der Waals surface area contributed by atoms with Crippen molar-refractivity contribution in [2.45, 2.75) is 38.3 Å². The van der Waals surface area contributed by atoms with Gasteiger partial charge in [-0.3, -0.25) is 4.79 Å². The number of amides is 1. The summed E-state index contributed by atoms with van der Waals surface area (Å²) in [5.74, 6) is 0.869. The molecule has 2 unspecified atom stereocenters. The van der Waals surface area contributed by atoms with Crippen LogP contribution in [0, 0.1) is 6.92 Å². The maximum absolute atomic E-state index is 12.3. The van der Waals surface area contributed by atoms with Crippen LogP contribution in [0.1, 0.15) is 24.8 Å². The Kier molecular flexibility index (Phi) is 3.92. The van der Waals surface area contributed by atoms with Crippen molar-refractivity contribution in [2.75, 3.05) is 19.7 Å². The minimum absolute atomic E-state index is 0.0980. The molecule has 1 amide bonds. The maximum Gasteiger partial charge on any atom is 0.260 e. The van der Waals surface area contributed by atoms with Crippen molar-refractivity contribution in [2.24, 2.45) is 0 Å². The highest BCUT2D eigenvalue weighted by Crippen LogP contribution is 2.20. The molecule has 1 aromatic rings. The van der Waals surface area contributed by atoms with Gasteiger partial charge in [0.15, 0.2) is 6.61 Å². The van der Waals surface area contributed by atoms with Gasteiger partial charge in [0.05, 0.1) is 0 Å².